The van der Waals surface area contributed by atoms with Crippen LogP contribution in [0.5, 0.6) is 0 Å². The van der Waals surface area contributed by atoms with E-state index in [4.69, 9.17) is 8.76 Å². The van der Waals surface area contributed by atoms with Crippen LogP contribution in [0, 0.1) is 8.76 Å². The molecule has 0 aliphatic carbocycles. The maximum atomic E-state index is 6.94. The van der Waals surface area contributed by atoms with Gasteiger partial charge in [0.15, 0.2) is 0 Å². The first kappa shape index (κ1) is 9.49. The van der Waals surface area contributed by atoms with Crippen molar-refractivity contribution in [1.29, 1.82) is 8.76 Å². The first-order chi connectivity index (χ1) is 4.30. The Balaban J connectivity index is 0.000000810. The van der Waals surface area contributed by atoms with Gasteiger partial charge in [-0.1, -0.05) is 0 Å². The second-order valence-electron chi connectivity index (χ2n) is 1.27. The molecule has 10 heavy (non-hydrogen) atoms. The first-order valence-corrected chi connectivity index (χ1v) is 3.82. The molecule has 0 radical (unpaired) electrons. The first-order valence-electron chi connectivity index (χ1n) is 2.16. The van der Waals surface area contributed by atoms with Crippen LogP contribution in [0.1, 0.15) is 0 Å². The van der Waals surface area contributed by atoms with E-state index < -0.39 is 13.5 Å². The molecular formula is C4H6ClFeN4. The van der Waals surface area contributed by atoms with Crippen molar-refractivity contribution in [3.8, 4) is 0 Å². The average molecular weight is 201 g/mol. The standard InChI is InChI=1S/C4H3N2.ClH.Fe.2HN/c1-2-5-4-6-3-1;;;;/h1-3H;1H;;2*1H. The summed E-state index contributed by atoms with van der Waals surface area (Å²) in [6.07, 6.45) is 3.09. The Labute approximate surface area is 68.2 Å². The fourth-order valence-electron chi connectivity index (χ4n) is 0.369. The zero-order chi connectivity index (χ0) is 6.69. The second kappa shape index (κ2) is 4.33. The van der Waals surface area contributed by atoms with Crippen molar-refractivity contribution in [1.82, 2.24) is 9.97 Å². The van der Waals surface area contributed by atoms with E-state index in [1.54, 1.807) is 18.5 Å². The summed E-state index contributed by atoms with van der Waals surface area (Å²) in [5.41, 5.74) is 0. The number of aromatic nitrogens is 2. The molecule has 1 heterocycles. The molecule has 0 fully saturated rings. The summed E-state index contributed by atoms with van der Waals surface area (Å²) < 4.78 is 14.2. The molecule has 1 aromatic heterocycles. The van der Waals surface area contributed by atoms with E-state index in [9.17, 15) is 0 Å². The molecule has 0 aliphatic heterocycles. The third-order valence-corrected chi connectivity index (χ3v) is 1.46. The molecule has 0 saturated heterocycles. The van der Waals surface area contributed by atoms with Crippen LogP contribution in [0.15, 0.2) is 18.5 Å². The topological polar surface area (TPSA) is 73.5 Å². The summed E-state index contributed by atoms with van der Waals surface area (Å²) in [6.45, 7) is 0. The van der Waals surface area contributed by atoms with Gasteiger partial charge in [-0.2, -0.15) is 0 Å². The molecule has 1 rings (SSSR count). The molecule has 0 aromatic carbocycles. The molecule has 0 aliphatic rings. The van der Waals surface area contributed by atoms with Crippen LogP contribution in [0.3, 0.4) is 0 Å². The van der Waals surface area contributed by atoms with Crippen molar-refractivity contribution in [3.05, 3.63) is 18.5 Å². The van der Waals surface area contributed by atoms with Gasteiger partial charge in [0, 0.05) is 0 Å². The second-order valence-corrected chi connectivity index (χ2v) is 2.59. The molecule has 1 aromatic rings. The van der Waals surface area contributed by atoms with E-state index in [0.29, 0.717) is 4.72 Å². The summed E-state index contributed by atoms with van der Waals surface area (Å²) >= 11 is -1.78. The third-order valence-electron chi connectivity index (χ3n) is 0.686. The van der Waals surface area contributed by atoms with Gasteiger partial charge in [-0.25, -0.2) is 0 Å². The van der Waals surface area contributed by atoms with Gasteiger partial charge >= 0.3 is 55.4 Å². The predicted octanol–water partition coefficient (Wildman–Crippen LogP) is 0.667. The maximum absolute atomic E-state index is 6.94. The van der Waals surface area contributed by atoms with Crippen LogP contribution in [0.25, 0.3) is 0 Å². The van der Waals surface area contributed by atoms with Crippen molar-refractivity contribution in [2.75, 3.05) is 0 Å². The van der Waals surface area contributed by atoms with Crippen LogP contribution in [0.4, 0.5) is 0 Å². The van der Waals surface area contributed by atoms with Gasteiger partial charge in [0.25, 0.3) is 0 Å². The molecule has 0 amide bonds. The van der Waals surface area contributed by atoms with Crippen molar-refractivity contribution in [2.24, 2.45) is 0 Å². The Morgan fingerprint density at radius 2 is 1.70 bits per heavy atom. The van der Waals surface area contributed by atoms with Crippen LogP contribution < -0.4 is 4.72 Å². The molecule has 4 nitrogen and oxygen atoms in total. The fraction of sp³-hybridized carbons (Fsp3) is 0. The molecule has 57 valence electrons. The van der Waals surface area contributed by atoms with Gasteiger partial charge < -0.3 is 0 Å². The Morgan fingerprint density at radius 1 is 1.20 bits per heavy atom. The van der Waals surface area contributed by atoms with E-state index >= 15 is 0 Å². The number of hydrogen-bond donors (Lipinski definition) is 2. The zero-order valence-electron chi connectivity index (χ0n) is 4.89. The molecule has 0 spiro atoms. The SMILES string of the molecule is Cl.[NH]=[Fe](=[NH])[c]1ncccn1. The van der Waals surface area contributed by atoms with Crippen LogP contribution >= 0.6 is 12.4 Å². The number of nitrogens with zero attached hydrogens (tertiary/aromatic N) is 2. The number of hydrogen-bond acceptors (Lipinski definition) is 4. The van der Waals surface area contributed by atoms with Crippen molar-refractivity contribution in [3.63, 3.8) is 0 Å². The van der Waals surface area contributed by atoms with E-state index in [1.807, 2.05) is 0 Å². The van der Waals surface area contributed by atoms with Gasteiger partial charge in [0.2, 0.25) is 0 Å². The molecular weight excluding hydrogens is 195 g/mol. The van der Waals surface area contributed by atoms with Crippen molar-refractivity contribution in [2.45, 2.75) is 0 Å². The molecule has 0 bridgehead atoms. The normalized spacial score (nSPS) is 8.90. The number of nitrogens with one attached hydrogen (secondary N) is 2. The minimum atomic E-state index is -1.78. The van der Waals surface area contributed by atoms with Gasteiger partial charge in [-0.3, -0.25) is 0 Å². The van der Waals surface area contributed by atoms with Crippen molar-refractivity contribution < 1.29 is 13.5 Å². The molecule has 0 saturated carbocycles. The van der Waals surface area contributed by atoms with E-state index in [1.165, 1.54) is 0 Å². The summed E-state index contributed by atoms with van der Waals surface area (Å²) in [6, 6.07) is 1.67. The van der Waals surface area contributed by atoms with Gasteiger partial charge in [0.1, 0.15) is 0 Å². The predicted molar refractivity (Wildman–Crippen MR) is 34.4 cm³/mol. The van der Waals surface area contributed by atoms with E-state index in [2.05, 4.69) is 9.97 Å². The molecule has 0 unspecified atom stereocenters. The summed E-state index contributed by atoms with van der Waals surface area (Å²) in [4.78, 5) is 7.46. The summed E-state index contributed by atoms with van der Waals surface area (Å²) in [5.74, 6) is 0. The van der Waals surface area contributed by atoms with Gasteiger partial charge in [0.05, 0.1) is 0 Å². The Kier molecular flexibility index (Phi) is 4.11. The third kappa shape index (κ3) is 2.39. The zero-order valence-corrected chi connectivity index (χ0v) is 6.81. The quantitative estimate of drug-likeness (QED) is 0.655. The Hall–Kier alpha value is -0.511. The van der Waals surface area contributed by atoms with E-state index in [0.717, 1.165) is 0 Å². The van der Waals surface area contributed by atoms with Gasteiger partial charge in [-0.05, 0) is 0 Å². The molecule has 2 N–H and O–H groups in total. The molecule has 0 atom stereocenters. The number of rotatable bonds is 1. The van der Waals surface area contributed by atoms with Crippen molar-refractivity contribution >= 4 is 17.1 Å². The monoisotopic (exact) mass is 201 g/mol. The van der Waals surface area contributed by atoms with E-state index in [-0.39, 0.29) is 12.4 Å². The van der Waals surface area contributed by atoms with Crippen LogP contribution in [-0.2, 0) is 13.5 Å². The fourth-order valence-corrected chi connectivity index (χ4v) is 0.818. The minimum absolute atomic E-state index is 0. The van der Waals surface area contributed by atoms with Crippen LogP contribution in [0.2, 0.25) is 0 Å². The van der Waals surface area contributed by atoms with Crippen LogP contribution in [-0.4, -0.2) is 9.97 Å². The summed E-state index contributed by atoms with van der Waals surface area (Å²) in [7, 11) is 0. The Bertz CT molecular complexity index is 249. The van der Waals surface area contributed by atoms with Gasteiger partial charge in [-0.15, -0.1) is 12.4 Å². The molecule has 6 heteroatoms. The average Bonchev–Trinajstić information content (AvgIpc) is 1.90. The number of halogens is 1. The summed E-state index contributed by atoms with van der Waals surface area (Å²) in [5, 5.41) is 0. The Morgan fingerprint density at radius 3 is 2.00 bits per heavy atom.